The van der Waals surface area contributed by atoms with Gasteiger partial charge in [0.2, 0.25) is 5.78 Å². The van der Waals surface area contributed by atoms with E-state index in [1.807, 2.05) is 24.3 Å². The van der Waals surface area contributed by atoms with Crippen molar-refractivity contribution < 1.29 is 0 Å². The number of benzene rings is 12. The fourth-order valence-electron chi connectivity index (χ4n) is 11.8. The molecule has 0 bridgehead atoms. The number of hydrogen-bond acceptors (Lipinski definition) is 3. The first-order valence-corrected chi connectivity index (χ1v) is 27.8. The van der Waals surface area contributed by atoms with Crippen molar-refractivity contribution in [3.63, 3.8) is 0 Å². The van der Waals surface area contributed by atoms with Crippen molar-refractivity contribution in [2.75, 3.05) is 0 Å². The van der Waals surface area contributed by atoms with Crippen LogP contribution in [0.4, 0.5) is 0 Å². The second kappa shape index (κ2) is 20.7. The smallest absolute Gasteiger partial charge is 0.220 e. The molecule has 15 aromatic rings. The van der Waals surface area contributed by atoms with Crippen LogP contribution in [0, 0.1) is 0 Å². The Balaban J connectivity index is 1.05. The molecular formula is C77H51N5. The predicted molar refractivity (Wildman–Crippen MR) is 339 cm³/mol. The van der Waals surface area contributed by atoms with Gasteiger partial charge in [-0.3, -0.25) is 8.97 Å². The average Bonchev–Trinajstić information content (AvgIpc) is 3.49. The first kappa shape index (κ1) is 48.1. The van der Waals surface area contributed by atoms with Crippen molar-refractivity contribution in [1.82, 2.24) is 23.9 Å². The minimum Gasteiger partial charge on any atom is -0.277 e. The zero-order valence-electron chi connectivity index (χ0n) is 44.7. The molecule has 0 aliphatic carbocycles. The fraction of sp³-hybridized carbons (Fsp3) is 0. The molecule has 3 heterocycles. The third-order valence-electron chi connectivity index (χ3n) is 15.7. The Bertz CT molecular complexity index is 4610. The van der Waals surface area contributed by atoms with Gasteiger partial charge in [-0.1, -0.05) is 255 Å². The maximum Gasteiger partial charge on any atom is 0.220 e. The summed E-state index contributed by atoms with van der Waals surface area (Å²) in [6.45, 7) is 0. The molecule has 0 spiro atoms. The maximum absolute atomic E-state index is 5.66. The standard InChI is InChI=1S/C77H51N5/c1-9-25-52(26-10-1)60-41-43-68-72(49-60)81-73-50-61(42-44-71(73)82(77(81)80-68)75-66(56-33-17-5-18-34-56)45-62(53-27-11-2-12-28-53)46-67(75)57-35-19-6-20-36-57)74-64(54-29-13-3-14-30-54)47-63(48-65(74)55-31-15-4-16-32-55)70-51-69(58-37-21-7-22-38-58)78-76(79-70)59-39-23-8-24-40-59/h1-51H. The van der Waals surface area contributed by atoms with E-state index in [1.54, 1.807) is 0 Å². The van der Waals surface area contributed by atoms with Gasteiger partial charge in [-0.25, -0.2) is 15.0 Å². The predicted octanol–water partition coefficient (Wildman–Crippen LogP) is 19.9. The van der Waals surface area contributed by atoms with E-state index in [1.165, 1.54) is 0 Å². The van der Waals surface area contributed by atoms with E-state index in [9.17, 15) is 0 Å². The molecule has 384 valence electrons. The van der Waals surface area contributed by atoms with Crippen molar-refractivity contribution >= 4 is 27.8 Å². The largest absolute Gasteiger partial charge is 0.277 e. The first-order chi connectivity index (χ1) is 40.7. The lowest BCUT2D eigenvalue weighted by Gasteiger charge is -2.21. The van der Waals surface area contributed by atoms with Crippen molar-refractivity contribution in [1.29, 1.82) is 0 Å². The van der Waals surface area contributed by atoms with Crippen LogP contribution in [-0.2, 0) is 0 Å². The molecule has 0 aliphatic heterocycles. The molecule has 0 unspecified atom stereocenters. The van der Waals surface area contributed by atoms with E-state index < -0.39 is 0 Å². The van der Waals surface area contributed by atoms with Crippen molar-refractivity contribution in [2.45, 2.75) is 0 Å². The Morgan fingerprint density at radius 3 is 1.12 bits per heavy atom. The van der Waals surface area contributed by atoms with E-state index in [2.05, 4.69) is 294 Å². The van der Waals surface area contributed by atoms with Gasteiger partial charge >= 0.3 is 0 Å². The van der Waals surface area contributed by atoms with Gasteiger partial charge < -0.3 is 0 Å². The van der Waals surface area contributed by atoms with Crippen LogP contribution in [0.3, 0.4) is 0 Å². The van der Waals surface area contributed by atoms with E-state index in [4.69, 9.17) is 15.0 Å². The lowest BCUT2D eigenvalue weighted by atomic mass is 9.85. The SMILES string of the molecule is c1ccc(-c2cc(-c3ccccc3)c(-n3c4ccc(-c5c(-c6ccccc6)cc(-c6cc(-c7ccccc7)nc(-c7ccccc7)n6)cc5-c5ccccc5)cc4n4c5cc(-c6ccccc6)ccc5nc34)c(-c3ccccc3)c2)cc1. The molecule has 12 aromatic carbocycles. The van der Waals surface area contributed by atoms with Gasteiger partial charge in [0.1, 0.15) is 0 Å². The van der Waals surface area contributed by atoms with Crippen LogP contribution in [0.5, 0.6) is 0 Å². The number of aromatic nitrogens is 5. The Hall–Kier alpha value is -11.0. The zero-order valence-corrected chi connectivity index (χ0v) is 44.7. The summed E-state index contributed by atoms with van der Waals surface area (Å²) in [5.74, 6) is 1.49. The topological polar surface area (TPSA) is 48.0 Å². The summed E-state index contributed by atoms with van der Waals surface area (Å²) < 4.78 is 4.81. The van der Waals surface area contributed by atoms with Crippen molar-refractivity contribution in [3.05, 3.63) is 309 Å². The van der Waals surface area contributed by atoms with Crippen LogP contribution in [-0.4, -0.2) is 23.9 Å². The number of nitrogens with zero attached hydrogens (tertiary/aromatic N) is 5. The molecule has 0 N–H and O–H groups in total. The van der Waals surface area contributed by atoms with Crippen LogP contribution >= 0.6 is 0 Å². The van der Waals surface area contributed by atoms with Gasteiger partial charge in [0.25, 0.3) is 0 Å². The van der Waals surface area contributed by atoms with Crippen LogP contribution in [0.1, 0.15) is 0 Å². The van der Waals surface area contributed by atoms with Crippen molar-refractivity contribution in [3.8, 4) is 117 Å². The molecular weight excluding hydrogens is 995 g/mol. The summed E-state index contributed by atoms with van der Waals surface area (Å²) in [5.41, 5.74) is 25.3. The summed E-state index contributed by atoms with van der Waals surface area (Å²) >= 11 is 0. The molecule has 3 aromatic heterocycles. The van der Waals surface area contributed by atoms with Crippen LogP contribution in [0.15, 0.2) is 309 Å². The van der Waals surface area contributed by atoms with Gasteiger partial charge in [-0.2, -0.15) is 0 Å². The van der Waals surface area contributed by atoms with Crippen LogP contribution in [0.25, 0.3) is 145 Å². The van der Waals surface area contributed by atoms with Gasteiger partial charge in [0.05, 0.1) is 39.1 Å². The molecule has 0 fully saturated rings. The molecule has 0 saturated carbocycles. The third kappa shape index (κ3) is 8.74. The Labute approximate surface area is 476 Å². The summed E-state index contributed by atoms with van der Waals surface area (Å²) in [4.78, 5) is 16.2. The highest BCUT2D eigenvalue weighted by molar-refractivity contribution is 6.03. The second-order valence-electron chi connectivity index (χ2n) is 20.7. The molecule has 0 radical (unpaired) electrons. The average molecular weight is 1050 g/mol. The molecule has 5 heteroatoms. The molecule has 82 heavy (non-hydrogen) atoms. The summed E-state index contributed by atoms with van der Waals surface area (Å²) in [6, 6.07) is 111. The second-order valence-corrected chi connectivity index (χ2v) is 20.7. The van der Waals surface area contributed by atoms with E-state index in [0.717, 1.165) is 139 Å². The lowest BCUT2D eigenvalue weighted by Crippen LogP contribution is -2.02. The van der Waals surface area contributed by atoms with E-state index >= 15 is 0 Å². The van der Waals surface area contributed by atoms with E-state index in [-0.39, 0.29) is 0 Å². The lowest BCUT2D eigenvalue weighted by molar-refractivity contribution is 1.11. The molecule has 0 saturated heterocycles. The Kier molecular flexibility index (Phi) is 12.1. The number of imidazole rings is 2. The van der Waals surface area contributed by atoms with Gasteiger partial charge in [0, 0.05) is 27.8 Å². The minimum absolute atomic E-state index is 0.672. The highest BCUT2D eigenvalue weighted by Gasteiger charge is 2.26. The zero-order chi connectivity index (χ0) is 54.3. The Morgan fingerprint density at radius 1 is 0.232 bits per heavy atom. The van der Waals surface area contributed by atoms with Gasteiger partial charge in [-0.15, -0.1) is 0 Å². The highest BCUT2D eigenvalue weighted by Crippen LogP contribution is 2.47. The third-order valence-corrected chi connectivity index (χ3v) is 15.7. The Morgan fingerprint density at radius 2 is 0.622 bits per heavy atom. The first-order valence-electron chi connectivity index (χ1n) is 27.8. The van der Waals surface area contributed by atoms with Gasteiger partial charge in [-0.05, 0) is 121 Å². The fourth-order valence-corrected chi connectivity index (χ4v) is 11.8. The summed E-state index contributed by atoms with van der Waals surface area (Å²) in [5, 5.41) is 0. The molecule has 0 aliphatic rings. The van der Waals surface area contributed by atoms with Crippen molar-refractivity contribution in [2.24, 2.45) is 0 Å². The maximum atomic E-state index is 5.66. The molecule has 0 atom stereocenters. The number of hydrogen-bond donors (Lipinski definition) is 0. The highest BCUT2D eigenvalue weighted by atomic mass is 15.2. The normalized spacial score (nSPS) is 11.4. The molecule has 15 rings (SSSR count). The monoisotopic (exact) mass is 1050 g/mol. The number of fused-ring (bicyclic) bond motifs is 5. The molecule has 0 amide bonds. The van der Waals surface area contributed by atoms with Crippen LogP contribution < -0.4 is 0 Å². The summed E-state index contributed by atoms with van der Waals surface area (Å²) in [7, 11) is 0. The van der Waals surface area contributed by atoms with Gasteiger partial charge in [0.15, 0.2) is 5.82 Å². The van der Waals surface area contributed by atoms with E-state index in [0.29, 0.717) is 5.82 Å². The molecule has 5 nitrogen and oxygen atoms in total. The number of rotatable bonds is 11. The quantitative estimate of drug-likeness (QED) is 0.130. The minimum atomic E-state index is 0.672. The van der Waals surface area contributed by atoms with Crippen LogP contribution in [0.2, 0.25) is 0 Å². The summed E-state index contributed by atoms with van der Waals surface area (Å²) in [6.07, 6.45) is 0.